The summed E-state index contributed by atoms with van der Waals surface area (Å²) in [5, 5.41) is 3.56. The normalized spacial score (nSPS) is 14.6. The summed E-state index contributed by atoms with van der Waals surface area (Å²) >= 11 is 1.52. The van der Waals surface area contributed by atoms with Crippen LogP contribution in [0.15, 0.2) is 58.1 Å². The van der Waals surface area contributed by atoms with E-state index < -0.39 is 0 Å². The Morgan fingerprint density at radius 1 is 1.09 bits per heavy atom. The van der Waals surface area contributed by atoms with Crippen LogP contribution in [0.3, 0.4) is 0 Å². The van der Waals surface area contributed by atoms with E-state index in [9.17, 15) is 4.79 Å². The molecule has 0 bridgehead atoms. The Kier molecular flexibility index (Phi) is 7.67. The molecule has 174 valence electrons. The first kappa shape index (κ1) is 23.3. The second-order valence-electron chi connectivity index (χ2n) is 8.58. The average molecular weight is 466 g/mol. The summed E-state index contributed by atoms with van der Waals surface area (Å²) in [6, 6.07) is 16.3. The molecule has 0 radical (unpaired) electrons. The molecule has 0 saturated carbocycles. The number of furan rings is 1. The van der Waals surface area contributed by atoms with E-state index in [0.29, 0.717) is 11.5 Å². The second-order valence-corrected chi connectivity index (χ2v) is 9.52. The summed E-state index contributed by atoms with van der Waals surface area (Å²) in [6.07, 6.45) is 0. The van der Waals surface area contributed by atoms with E-state index in [4.69, 9.17) is 9.40 Å². The topological polar surface area (TPSA) is 74.5 Å². The average Bonchev–Trinajstić information content (AvgIpc) is 3.28. The minimum absolute atomic E-state index is 0.0692. The van der Waals surface area contributed by atoms with Gasteiger partial charge in [0.1, 0.15) is 11.6 Å². The Labute approximate surface area is 199 Å². The van der Waals surface area contributed by atoms with Gasteiger partial charge < -0.3 is 14.6 Å². The van der Waals surface area contributed by atoms with Gasteiger partial charge in [-0.1, -0.05) is 42.1 Å². The van der Waals surface area contributed by atoms with Crippen molar-refractivity contribution in [2.24, 2.45) is 0 Å². The Morgan fingerprint density at radius 2 is 1.85 bits per heavy atom. The molecule has 8 heteroatoms. The first-order chi connectivity index (χ1) is 16.0. The zero-order valence-corrected chi connectivity index (χ0v) is 20.3. The van der Waals surface area contributed by atoms with Crippen LogP contribution in [0.5, 0.6) is 0 Å². The number of nitrogens with zero attached hydrogens (tertiary/aromatic N) is 4. The molecule has 0 unspecified atom stereocenters. The second kappa shape index (κ2) is 10.9. The molecule has 33 heavy (non-hydrogen) atoms. The number of hydrogen-bond acceptors (Lipinski definition) is 7. The Bertz CT molecular complexity index is 1060. The zero-order chi connectivity index (χ0) is 23.2. The molecule has 1 aliphatic rings. The van der Waals surface area contributed by atoms with Crippen molar-refractivity contribution in [1.82, 2.24) is 20.2 Å². The summed E-state index contributed by atoms with van der Waals surface area (Å²) in [7, 11) is 0. The molecule has 1 saturated heterocycles. The van der Waals surface area contributed by atoms with E-state index in [-0.39, 0.29) is 11.9 Å². The van der Waals surface area contributed by atoms with E-state index in [1.54, 1.807) is 6.07 Å². The number of rotatable bonds is 8. The van der Waals surface area contributed by atoms with Crippen molar-refractivity contribution >= 4 is 23.5 Å². The molecule has 1 aliphatic heterocycles. The molecule has 0 spiro atoms. The van der Waals surface area contributed by atoms with Gasteiger partial charge in [0.05, 0.1) is 5.75 Å². The van der Waals surface area contributed by atoms with E-state index >= 15 is 0 Å². The van der Waals surface area contributed by atoms with Crippen LogP contribution in [0.1, 0.15) is 41.4 Å². The number of aromatic nitrogens is 2. The molecule has 1 aromatic carbocycles. The van der Waals surface area contributed by atoms with Gasteiger partial charge >= 0.3 is 0 Å². The van der Waals surface area contributed by atoms with Crippen molar-refractivity contribution in [1.29, 1.82) is 0 Å². The third-order valence-corrected chi connectivity index (χ3v) is 6.28. The highest BCUT2D eigenvalue weighted by Crippen LogP contribution is 2.24. The summed E-state index contributed by atoms with van der Waals surface area (Å²) < 4.78 is 5.70. The van der Waals surface area contributed by atoms with Crippen LogP contribution in [-0.4, -0.2) is 53.0 Å². The van der Waals surface area contributed by atoms with Crippen LogP contribution < -0.4 is 10.2 Å². The molecule has 1 N–H and O–H groups in total. The summed E-state index contributed by atoms with van der Waals surface area (Å²) in [5.74, 6) is 2.42. The summed E-state index contributed by atoms with van der Waals surface area (Å²) in [5.41, 5.74) is 2.30. The molecule has 7 nitrogen and oxygen atoms in total. The lowest BCUT2D eigenvalue weighted by Crippen LogP contribution is -2.46. The van der Waals surface area contributed by atoms with Crippen LogP contribution in [0.2, 0.25) is 0 Å². The molecule has 3 aromatic rings. The van der Waals surface area contributed by atoms with E-state index in [1.165, 1.54) is 17.3 Å². The van der Waals surface area contributed by atoms with Crippen LogP contribution in [0, 0.1) is 6.92 Å². The number of amides is 1. The summed E-state index contributed by atoms with van der Waals surface area (Å²) in [6.45, 7) is 10.7. The van der Waals surface area contributed by atoms with Gasteiger partial charge in [-0.15, -0.1) is 0 Å². The van der Waals surface area contributed by atoms with E-state index in [0.717, 1.165) is 55.2 Å². The molecule has 1 fully saturated rings. The third-order valence-electron chi connectivity index (χ3n) is 5.41. The molecule has 2 aromatic heterocycles. The number of anilines is 1. The minimum atomic E-state index is -0.193. The van der Waals surface area contributed by atoms with E-state index in [1.807, 2.05) is 26.8 Å². The highest BCUT2D eigenvalue weighted by atomic mass is 32.2. The molecule has 0 atom stereocenters. The number of aryl methyl sites for hydroxylation is 1. The number of benzene rings is 1. The van der Waals surface area contributed by atoms with E-state index in [2.05, 4.69) is 56.5 Å². The molecule has 3 heterocycles. The van der Waals surface area contributed by atoms with Gasteiger partial charge in [0.15, 0.2) is 10.9 Å². The Morgan fingerprint density at radius 3 is 2.58 bits per heavy atom. The largest absolute Gasteiger partial charge is 0.455 e. The van der Waals surface area contributed by atoms with Gasteiger partial charge in [-0.05, 0) is 38.5 Å². The lowest BCUT2D eigenvalue weighted by atomic mass is 10.2. The van der Waals surface area contributed by atoms with Crippen LogP contribution in [0.4, 0.5) is 5.82 Å². The third kappa shape index (κ3) is 6.58. The van der Waals surface area contributed by atoms with Gasteiger partial charge in [-0.2, -0.15) is 0 Å². The van der Waals surface area contributed by atoms with Crippen molar-refractivity contribution in [3.05, 3.63) is 71.3 Å². The number of carbonyl (C=O) groups excluding carboxylic acids is 1. The van der Waals surface area contributed by atoms with Gasteiger partial charge in [-0.3, -0.25) is 9.69 Å². The monoisotopic (exact) mass is 465 g/mol. The lowest BCUT2D eigenvalue weighted by Gasteiger charge is -2.35. The highest BCUT2D eigenvalue weighted by Gasteiger charge is 2.19. The van der Waals surface area contributed by atoms with Gasteiger partial charge in [0, 0.05) is 50.5 Å². The maximum Gasteiger partial charge on any atom is 0.287 e. The van der Waals surface area contributed by atoms with Crippen molar-refractivity contribution in [3.8, 4) is 0 Å². The van der Waals surface area contributed by atoms with Gasteiger partial charge in [0.25, 0.3) is 5.91 Å². The van der Waals surface area contributed by atoms with Crippen molar-refractivity contribution in [2.75, 3.05) is 31.1 Å². The smallest absolute Gasteiger partial charge is 0.287 e. The van der Waals surface area contributed by atoms with Crippen molar-refractivity contribution < 1.29 is 9.21 Å². The number of carbonyl (C=O) groups is 1. The predicted octanol–water partition coefficient (Wildman–Crippen LogP) is 4.13. The highest BCUT2D eigenvalue weighted by molar-refractivity contribution is 7.98. The standard InChI is InChI=1S/C25H31N5O2S/c1-18(2)26-24(31)22-10-9-21(32-22)17-33-25-27-19(3)15-23(28-25)30-13-11-29(12-14-30)16-20-7-5-4-6-8-20/h4-10,15,18H,11-14,16-17H2,1-3H3,(H,26,31). The summed E-state index contributed by atoms with van der Waals surface area (Å²) in [4.78, 5) is 26.3. The zero-order valence-electron chi connectivity index (χ0n) is 19.5. The first-order valence-electron chi connectivity index (χ1n) is 11.4. The van der Waals surface area contributed by atoms with Crippen molar-refractivity contribution in [2.45, 2.75) is 44.3 Å². The Hall–Kier alpha value is -2.84. The number of hydrogen-bond donors (Lipinski definition) is 1. The maximum absolute atomic E-state index is 12.1. The first-order valence-corrected chi connectivity index (χ1v) is 12.3. The van der Waals surface area contributed by atoms with Crippen LogP contribution in [-0.2, 0) is 12.3 Å². The lowest BCUT2D eigenvalue weighted by molar-refractivity contribution is 0.0913. The van der Waals surface area contributed by atoms with Crippen LogP contribution in [0.25, 0.3) is 0 Å². The van der Waals surface area contributed by atoms with Gasteiger partial charge in [0.2, 0.25) is 0 Å². The molecule has 0 aliphatic carbocycles. The quantitative estimate of drug-likeness (QED) is 0.396. The predicted molar refractivity (Wildman–Crippen MR) is 132 cm³/mol. The molecule has 4 rings (SSSR count). The molecular weight excluding hydrogens is 434 g/mol. The number of nitrogens with one attached hydrogen (secondary N) is 1. The Balaban J connectivity index is 1.33. The van der Waals surface area contributed by atoms with Crippen LogP contribution >= 0.6 is 11.8 Å². The SMILES string of the molecule is Cc1cc(N2CCN(Cc3ccccc3)CC2)nc(SCc2ccc(C(=O)NC(C)C)o2)n1. The number of piperazine rings is 1. The molecule has 1 amide bonds. The minimum Gasteiger partial charge on any atom is -0.455 e. The fraction of sp³-hybridized carbons (Fsp3) is 0.400. The number of thioether (sulfide) groups is 1. The van der Waals surface area contributed by atoms with Crippen molar-refractivity contribution in [3.63, 3.8) is 0 Å². The molecular formula is C25H31N5O2S. The maximum atomic E-state index is 12.1. The van der Waals surface area contributed by atoms with Gasteiger partial charge in [-0.25, -0.2) is 9.97 Å². The fourth-order valence-corrected chi connectivity index (χ4v) is 4.57. The fourth-order valence-electron chi connectivity index (χ4n) is 3.78.